The van der Waals surface area contributed by atoms with E-state index < -0.39 is 23.9 Å². The Balaban J connectivity index is 2.00. The molecule has 0 bridgehead atoms. The smallest absolute Gasteiger partial charge is 0.231 e. The molecule has 0 saturated heterocycles. The fourth-order valence-electron chi connectivity index (χ4n) is 5.32. The molecular weight excluding hydrogens is 454 g/mol. The second kappa shape index (κ2) is 10.2. The Bertz CT molecular complexity index is 1060. The Morgan fingerprint density at radius 2 is 1.54 bits per heavy atom. The van der Waals surface area contributed by atoms with Gasteiger partial charge in [0.15, 0.2) is 23.0 Å². The molecule has 0 saturated carbocycles. The highest BCUT2D eigenvalue weighted by atomic mass is 16.7. The first-order valence-corrected chi connectivity index (χ1v) is 11.7. The van der Waals surface area contributed by atoms with Crippen LogP contribution >= 0.6 is 0 Å². The summed E-state index contributed by atoms with van der Waals surface area (Å²) in [5.74, 6) is 0.254. The second-order valence-corrected chi connectivity index (χ2v) is 8.60. The molecule has 190 valence electrons. The van der Waals surface area contributed by atoms with Crippen LogP contribution < -0.4 is 23.7 Å². The van der Waals surface area contributed by atoms with Crippen LogP contribution in [0.15, 0.2) is 24.3 Å². The molecule has 4 atom stereocenters. The lowest BCUT2D eigenvalue weighted by atomic mass is 9.64. The molecule has 0 radical (unpaired) electrons. The number of methoxy groups -OCH3 is 3. The second-order valence-electron chi connectivity index (χ2n) is 8.60. The first-order chi connectivity index (χ1) is 16.9. The molecule has 35 heavy (non-hydrogen) atoms. The van der Waals surface area contributed by atoms with Crippen molar-refractivity contribution in [3.8, 4) is 28.7 Å². The van der Waals surface area contributed by atoms with Crippen LogP contribution in [0.3, 0.4) is 0 Å². The molecule has 9 heteroatoms. The van der Waals surface area contributed by atoms with Crippen molar-refractivity contribution in [2.45, 2.75) is 25.9 Å². The SMILES string of the molecule is CCN(CC)C(=O)[C@@H]1[C@H](c2cc(OC)c(OC)c(OC)c2)c2cc3c(cc2[C@H](O)[C@H]1CO)OCO3. The maximum absolute atomic E-state index is 13.9. The molecule has 1 heterocycles. The van der Waals surface area contributed by atoms with Gasteiger partial charge in [0.05, 0.1) is 33.4 Å². The molecule has 2 aliphatic rings. The van der Waals surface area contributed by atoms with Crippen molar-refractivity contribution in [1.82, 2.24) is 4.90 Å². The minimum atomic E-state index is -1.06. The van der Waals surface area contributed by atoms with Crippen LogP contribution in [0.1, 0.15) is 42.6 Å². The number of benzene rings is 2. The number of hydrogen-bond donors (Lipinski definition) is 2. The van der Waals surface area contributed by atoms with Crippen molar-refractivity contribution in [2.75, 3.05) is 47.8 Å². The van der Waals surface area contributed by atoms with Gasteiger partial charge in [-0.25, -0.2) is 0 Å². The van der Waals surface area contributed by atoms with Crippen molar-refractivity contribution >= 4 is 5.91 Å². The number of nitrogens with zero attached hydrogens (tertiary/aromatic N) is 1. The van der Waals surface area contributed by atoms with E-state index in [1.807, 2.05) is 32.0 Å². The standard InChI is InChI=1S/C26H33NO8/c1-6-27(7-2)26(30)23-17(12-28)24(29)16-11-19-18(34-13-35-19)10-15(16)22(23)14-8-20(31-3)25(33-5)21(9-14)32-4/h8-11,17,22-24,28-29H,6-7,12-13H2,1-5H3/t17-,22+,23-,24-/m0/s1. The van der Waals surface area contributed by atoms with Crippen LogP contribution in [0, 0.1) is 11.8 Å². The van der Waals surface area contributed by atoms with Crippen molar-refractivity contribution in [3.63, 3.8) is 0 Å². The summed E-state index contributed by atoms with van der Waals surface area (Å²) in [4.78, 5) is 15.6. The summed E-state index contributed by atoms with van der Waals surface area (Å²) in [6.45, 7) is 4.55. The molecule has 0 unspecified atom stereocenters. The largest absolute Gasteiger partial charge is 0.493 e. The van der Waals surface area contributed by atoms with Crippen LogP contribution in [-0.4, -0.2) is 68.8 Å². The van der Waals surface area contributed by atoms with Crippen molar-refractivity contribution < 1.29 is 38.7 Å². The van der Waals surface area contributed by atoms with Gasteiger partial charge in [0.25, 0.3) is 0 Å². The van der Waals surface area contributed by atoms with Gasteiger partial charge < -0.3 is 38.8 Å². The predicted octanol–water partition coefficient (Wildman–Crippen LogP) is 2.71. The van der Waals surface area contributed by atoms with Gasteiger partial charge in [0.1, 0.15) is 0 Å². The van der Waals surface area contributed by atoms with E-state index in [2.05, 4.69) is 0 Å². The molecule has 0 spiro atoms. The lowest BCUT2D eigenvalue weighted by Gasteiger charge is -2.43. The minimum absolute atomic E-state index is 0.0778. The molecule has 9 nitrogen and oxygen atoms in total. The van der Waals surface area contributed by atoms with Crippen molar-refractivity contribution in [1.29, 1.82) is 0 Å². The summed E-state index contributed by atoms with van der Waals surface area (Å²) >= 11 is 0. The predicted molar refractivity (Wildman–Crippen MR) is 127 cm³/mol. The zero-order valence-corrected chi connectivity index (χ0v) is 20.7. The Morgan fingerprint density at radius 3 is 2.03 bits per heavy atom. The van der Waals surface area contributed by atoms with Gasteiger partial charge in [-0.2, -0.15) is 0 Å². The zero-order chi connectivity index (χ0) is 25.3. The highest BCUT2D eigenvalue weighted by Gasteiger charge is 2.48. The fraction of sp³-hybridized carbons (Fsp3) is 0.500. The number of rotatable bonds is 8. The molecule has 1 aliphatic heterocycles. The average molecular weight is 488 g/mol. The third-order valence-corrected chi connectivity index (χ3v) is 7.08. The molecule has 0 aromatic heterocycles. The molecule has 4 rings (SSSR count). The number of amides is 1. The summed E-state index contributed by atoms with van der Waals surface area (Å²) in [6.07, 6.45) is -1.06. The monoisotopic (exact) mass is 487 g/mol. The first-order valence-electron chi connectivity index (χ1n) is 11.7. The summed E-state index contributed by atoms with van der Waals surface area (Å²) in [6, 6.07) is 7.20. The van der Waals surface area contributed by atoms with E-state index in [9.17, 15) is 15.0 Å². The van der Waals surface area contributed by atoms with E-state index in [1.165, 1.54) is 21.3 Å². The van der Waals surface area contributed by atoms with Crippen molar-refractivity contribution in [2.24, 2.45) is 11.8 Å². The fourth-order valence-corrected chi connectivity index (χ4v) is 5.32. The van der Waals surface area contributed by atoms with Crippen LogP contribution in [0.5, 0.6) is 28.7 Å². The molecule has 0 fully saturated rings. The molecule has 2 aromatic carbocycles. The molecule has 2 N–H and O–H groups in total. The number of ether oxygens (including phenoxy) is 5. The summed E-state index contributed by atoms with van der Waals surface area (Å²) in [7, 11) is 4.60. The maximum atomic E-state index is 13.9. The number of aliphatic hydroxyl groups excluding tert-OH is 2. The zero-order valence-electron chi connectivity index (χ0n) is 20.7. The van der Waals surface area contributed by atoms with Gasteiger partial charge in [-0.3, -0.25) is 4.79 Å². The Hall–Kier alpha value is -3.17. The average Bonchev–Trinajstić information content (AvgIpc) is 3.34. The Labute approximate surface area is 205 Å². The van der Waals surface area contributed by atoms with Gasteiger partial charge in [-0.15, -0.1) is 0 Å². The topological polar surface area (TPSA) is 107 Å². The van der Waals surface area contributed by atoms with Gasteiger partial charge in [-0.05, 0) is 54.8 Å². The van der Waals surface area contributed by atoms with Gasteiger partial charge in [0, 0.05) is 31.5 Å². The third kappa shape index (κ3) is 4.12. The highest BCUT2D eigenvalue weighted by molar-refractivity contribution is 5.82. The van der Waals surface area contributed by atoms with E-state index >= 15 is 0 Å². The van der Waals surface area contributed by atoms with E-state index in [0.717, 1.165) is 11.1 Å². The normalized spacial score (nSPS) is 22.4. The van der Waals surface area contributed by atoms with E-state index in [-0.39, 0.29) is 19.3 Å². The number of fused-ring (bicyclic) bond motifs is 2. The molecular formula is C26H33NO8. The van der Waals surface area contributed by atoms with Crippen molar-refractivity contribution in [3.05, 3.63) is 41.0 Å². The Morgan fingerprint density at radius 1 is 0.971 bits per heavy atom. The minimum Gasteiger partial charge on any atom is -0.493 e. The summed E-state index contributed by atoms with van der Waals surface area (Å²) in [5, 5.41) is 21.8. The number of aliphatic hydroxyl groups is 2. The number of carbonyl (C=O) groups is 1. The summed E-state index contributed by atoms with van der Waals surface area (Å²) in [5.41, 5.74) is 2.05. The van der Waals surface area contributed by atoms with Gasteiger partial charge >= 0.3 is 0 Å². The van der Waals surface area contributed by atoms with E-state index in [0.29, 0.717) is 47.4 Å². The van der Waals surface area contributed by atoms with Crippen LogP contribution in [0.4, 0.5) is 0 Å². The number of carbonyl (C=O) groups excluding carboxylic acids is 1. The summed E-state index contributed by atoms with van der Waals surface area (Å²) < 4.78 is 27.8. The third-order valence-electron chi connectivity index (χ3n) is 7.08. The lowest BCUT2D eigenvalue weighted by molar-refractivity contribution is -0.141. The first kappa shape index (κ1) is 24.9. The maximum Gasteiger partial charge on any atom is 0.231 e. The lowest BCUT2D eigenvalue weighted by Crippen LogP contribution is -2.47. The Kier molecular flexibility index (Phi) is 7.28. The molecule has 1 amide bonds. The van der Waals surface area contributed by atoms with Crippen LogP contribution in [0.2, 0.25) is 0 Å². The highest BCUT2D eigenvalue weighted by Crippen LogP contribution is 2.54. The molecule has 1 aliphatic carbocycles. The van der Waals surface area contributed by atoms with E-state index in [1.54, 1.807) is 11.0 Å². The van der Waals surface area contributed by atoms with Crippen LogP contribution in [-0.2, 0) is 4.79 Å². The van der Waals surface area contributed by atoms with E-state index in [4.69, 9.17) is 23.7 Å². The molecule has 2 aromatic rings. The quantitative estimate of drug-likeness (QED) is 0.586. The number of hydrogen-bond acceptors (Lipinski definition) is 8. The van der Waals surface area contributed by atoms with Gasteiger partial charge in [0.2, 0.25) is 18.4 Å². The van der Waals surface area contributed by atoms with Gasteiger partial charge in [-0.1, -0.05) is 0 Å². The van der Waals surface area contributed by atoms with Crippen LogP contribution in [0.25, 0.3) is 0 Å².